The molecule has 0 amide bonds. The van der Waals surface area contributed by atoms with Crippen LogP contribution in [0.25, 0.3) is 11.0 Å². The predicted octanol–water partition coefficient (Wildman–Crippen LogP) is 4.74. The average molecular weight is 700 g/mol. The zero-order chi connectivity index (χ0) is 33.2. The summed E-state index contributed by atoms with van der Waals surface area (Å²) < 4.78 is 99.8. The lowest BCUT2D eigenvalue weighted by molar-refractivity contribution is -0.0693. The second-order valence-corrected chi connectivity index (χ2v) is 23.2. The summed E-state index contributed by atoms with van der Waals surface area (Å²) in [5, 5.41) is 0.227. The summed E-state index contributed by atoms with van der Waals surface area (Å²) in [5.41, 5.74) is 6.16. The van der Waals surface area contributed by atoms with Gasteiger partial charge in [0.25, 0.3) is 0 Å². The number of nitrogen functional groups attached to an aromatic ring is 1. The Labute approximate surface area is 262 Å². The number of anilines is 1. The van der Waals surface area contributed by atoms with Crippen molar-refractivity contribution in [1.82, 2.24) is 14.5 Å². The van der Waals surface area contributed by atoms with E-state index in [1.807, 2.05) is 55.4 Å². The Bertz CT molecular complexity index is 1490. The molecule has 0 radical (unpaired) electrons. The quantitative estimate of drug-likeness (QED) is 0.169. The smallest absolute Gasteiger partial charge is 0.414 e. The highest BCUT2D eigenvalue weighted by atomic mass is 32.2. The highest BCUT2D eigenvalue weighted by Gasteiger charge is 2.63. The molecule has 12 nitrogen and oxygen atoms in total. The van der Waals surface area contributed by atoms with Crippen molar-refractivity contribution in [2.24, 2.45) is 5.73 Å². The molecule has 0 saturated carbocycles. The van der Waals surface area contributed by atoms with E-state index in [0.29, 0.717) is 0 Å². The number of hydrogen-bond acceptors (Lipinski definition) is 11. The van der Waals surface area contributed by atoms with E-state index >= 15 is 0 Å². The third-order valence-corrected chi connectivity index (χ3v) is 19.8. The van der Waals surface area contributed by atoms with Gasteiger partial charge in [-0.15, -0.1) is 0 Å². The fourth-order valence-electron chi connectivity index (χ4n) is 6.14. The van der Waals surface area contributed by atoms with Crippen molar-refractivity contribution in [2.45, 2.75) is 108 Å². The first-order valence-electron chi connectivity index (χ1n) is 14.3. The number of ether oxygens (including phenoxy) is 1. The molecular weight excluding hydrogens is 660 g/mol. The fraction of sp³-hybridized carbons (Fsp3) is 0.720. The van der Waals surface area contributed by atoms with Crippen LogP contribution in [0.1, 0.15) is 67.2 Å². The van der Waals surface area contributed by atoms with Crippen LogP contribution < -0.4 is 11.5 Å². The van der Waals surface area contributed by atoms with Gasteiger partial charge in [-0.2, -0.15) is 21.6 Å². The monoisotopic (exact) mass is 699 g/mol. The second kappa shape index (κ2) is 12.1. The van der Waals surface area contributed by atoms with Gasteiger partial charge < -0.3 is 33.7 Å². The number of rotatable bonds is 8. The maximum Gasteiger partial charge on any atom is 0.523 e. The summed E-state index contributed by atoms with van der Waals surface area (Å²) in [5.74, 6) is 0.00428. The standard InChI is InChI=1S/C25H40F3N5O7S2Si2/c1-12(2)43(13(3)4)36-10-17-19(39-44(40-43,14(5)6)15(7)8)20(38-42(34,35)25(26,27)28)24(37-17)33-9-16(22(30)41)18-21(29)31-11-32-23(18)33/h9,11-15,17,19-20,24H,10H2,1-8H3,(H2,30,41)(H2,29,31,32)/t17-,19-,20-,24-/m1/s1. The van der Waals surface area contributed by atoms with Gasteiger partial charge >= 0.3 is 32.7 Å². The largest absolute Gasteiger partial charge is 0.523 e. The summed E-state index contributed by atoms with van der Waals surface area (Å²) in [6, 6.07) is 0. The number of halogens is 3. The van der Waals surface area contributed by atoms with Crippen molar-refractivity contribution in [2.75, 3.05) is 12.3 Å². The molecule has 2 fully saturated rings. The summed E-state index contributed by atoms with van der Waals surface area (Å²) in [6.07, 6.45) is -3.22. The van der Waals surface area contributed by atoms with Crippen molar-refractivity contribution >= 4 is 61.3 Å². The normalized spacial score (nSPS) is 26.0. The van der Waals surface area contributed by atoms with E-state index in [1.54, 1.807) is 0 Å². The Balaban J connectivity index is 1.97. The highest BCUT2D eigenvalue weighted by Crippen LogP contribution is 2.50. The van der Waals surface area contributed by atoms with E-state index in [9.17, 15) is 21.6 Å². The van der Waals surface area contributed by atoms with Gasteiger partial charge in [0.1, 0.15) is 41.1 Å². The lowest BCUT2D eigenvalue weighted by atomic mass is 10.1. The highest BCUT2D eigenvalue weighted by molar-refractivity contribution is 7.87. The molecular formula is C25H40F3N5O7S2Si2. The van der Waals surface area contributed by atoms with E-state index in [4.69, 9.17) is 45.6 Å². The fourth-order valence-corrected chi connectivity index (χ4v) is 18.1. The zero-order valence-electron chi connectivity index (χ0n) is 25.8. The van der Waals surface area contributed by atoms with Crippen LogP contribution in [-0.2, 0) is 32.0 Å². The van der Waals surface area contributed by atoms with Crippen molar-refractivity contribution < 1.29 is 43.5 Å². The summed E-state index contributed by atoms with van der Waals surface area (Å²) >= 11 is 5.19. The van der Waals surface area contributed by atoms with Gasteiger partial charge in [0.2, 0.25) is 0 Å². The number of thiocarbonyl (C=S) groups is 1. The first kappa shape index (κ1) is 35.1. The minimum Gasteiger partial charge on any atom is -0.414 e. The number of nitrogens with zero attached hydrogens (tertiary/aromatic N) is 3. The van der Waals surface area contributed by atoms with Crippen LogP contribution in [0.3, 0.4) is 0 Å². The van der Waals surface area contributed by atoms with Gasteiger partial charge in [-0.1, -0.05) is 67.6 Å². The SMILES string of the molecule is CC(C)[Si]1(C(C)C)OC[C@H]2O[C@@H](n3cc(C(N)=S)c4c(N)ncnc43)[C@H](OS(=O)(=O)C(F)(F)F)[C@@H]2O[Si](C(C)C)(C(C)C)O1. The molecule has 44 heavy (non-hydrogen) atoms. The van der Waals surface area contributed by atoms with Crippen LogP contribution in [0.15, 0.2) is 12.5 Å². The Morgan fingerprint density at radius 2 is 1.64 bits per heavy atom. The molecule has 4 atom stereocenters. The molecule has 4 N–H and O–H groups in total. The van der Waals surface area contributed by atoms with Crippen molar-refractivity contribution in [3.63, 3.8) is 0 Å². The molecule has 2 aliphatic rings. The van der Waals surface area contributed by atoms with Crippen LogP contribution in [-0.4, -0.2) is 75.5 Å². The molecule has 19 heteroatoms. The topological polar surface area (TPSA) is 163 Å². The number of nitrogens with two attached hydrogens (primary N) is 2. The molecule has 4 heterocycles. The van der Waals surface area contributed by atoms with Crippen LogP contribution in [0.4, 0.5) is 19.0 Å². The molecule has 0 aliphatic carbocycles. The first-order chi connectivity index (χ1) is 20.2. The summed E-state index contributed by atoms with van der Waals surface area (Å²) in [7, 11) is -12.6. The van der Waals surface area contributed by atoms with Gasteiger partial charge in [0, 0.05) is 11.8 Å². The van der Waals surface area contributed by atoms with E-state index in [-0.39, 0.29) is 56.2 Å². The summed E-state index contributed by atoms with van der Waals surface area (Å²) in [4.78, 5) is 8.13. The van der Waals surface area contributed by atoms with Crippen LogP contribution in [0, 0.1) is 0 Å². The third-order valence-electron chi connectivity index (χ3n) is 8.32. The lowest BCUT2D eigenvalue weighted by Crippen LogP contribution is -2.66. The Kier molecular flexibility index (Phi) is 9.70. The van der Waals surface area contributed by atoms with Crippen molar-refractivity contribution in [1.29, 1.82) is 0 Å². The van der Waals surface area contributed by atoms with Crippen molar-refractivity contribution in [3.05, 3.63) is 18.1 Å². The maximum atomic E-state index is 13.8. The van der Waals surface area contributed by atoms with E-state index in [0.717, 1.165) is 6.33 Å². The third kappa shape index (κ3) is 5.83. The molecule has 2 aromatic rings. The molecule has 0 unspecified atom stereocenters. The number of hydrogen-bond donors (Lipinski definition) is 2. The van der Waals surface area contributed by atoms with Crippen LogP contribution in [0.5, 0.6) is 0 Å². The second-order valence-electron chi connectivity index (χ2n) is 12.4. The van der Waals surface area contributed by atoms with Crippen molar-refractivity contribution in [3.8, 4) is 0 Å². The average Bonchev–Trinajstić information content (AvgIpc) is 3.41. The molecule has 0 aromatic carbocycles. The summed E-state index contributed by atoms with van der Waals surface area (Å²) in [6.45, 7) is 15.6. The maximum absolute atomic E-state index is 13.8. The number of fused-ring (bicyclic) bond motifs is 2. The number of alkyl halides is 3. The van der Waals surface area contributed by atoms with Gasteiger partial charge in [0.15, 0.2) is 6.23 Å². The van der Waals surface area contributed by atoms with Gasteiger partial charge in [-0.3, -0.25) is 4.18 Å². The lowest BCUT2D eigenvalue weighted by Gasteiger charge is -2.51. The molecule has 0 spiro atoms. The van der Waals surface area contributed by atoms with Crippen LogP contribution >= 0.6 is 12.2 Å². The molecule has 4 rings (SSSR count). The van der Waals surface area contributed by atoms with E-state index in [2.05, 4.69) is 9.97 Å². The zero-order valence-corrected chi connectivity index (χ0v) is 29.4. The Morgan fingerprint density at radius 1 is 1.07 bits per heavy atom. The van der Waals surface area contributed by atoms with E-state index in [1.165, 1.54) is 10.8 Å². The molecule has 2 aromatic heterocycles. The Morgan fingerprint density at radius 3 is 2.14 bits per heavy atom. The van der Waals surface area contributed by atoms with Gasteiger partial charge in [-0.05, 0) is 22.2 Å². The first-order valence-corrected chi connectivity index (χ1v) is 20.0. The molecule has 0 bridgehead atoms. The van der Waals surface area contributed by atoms with E-state index < -0.39 is 57.3 Å². The van der Waals surface area contributed by atoms with Crippen LogP contribution in [0.2, 0.25) is 22.2 Å². The predicted molar refractivity (Wildman–Crippen MR) is 165 cm³/mol. The minimum absolute atomic E-state index is 0.00428. The van der Waals surface area contributed by atoms with Gasteiger partial charge in [0.05, 0.1) is 12.0 Å². The molecule has 2 saturated heterocycles. The molecule has 248 valence electrons. The number of aromatic nitrogens is 3. The molecule has 2 aliphatic heterocycles. The minimum atomic E-state index is -6.13. The van der Waals surface area contributed by atoms with Gasteiger partial charge in [-0.25, -0.2) is 9.97 Å². The Hall–Kier alpha value is -1.72.